The second kappa shape index (κ2) is 9.84. The third kappa shape index (κ3) is 5.04. The first-order valence-electron chi connectivity index (χ1n) is 10.8. The van der Waals surface area contributed by atoms with Crippen molar-refractivity contribution >= 4 is 45.7 Å². The number of amides is 2. The van der Waals surface area contributed by atoms with Crippen molar-refractivity contribution in [3.63, 3.8) is 0 Å². The topological polar surface area (TPSA) is 71.1 Å². The number of carbonyl (C=O) groups is 2. The summed E-state index contributed by atoms with van der Waals surface area (Å²) in [5, 5.41) is 7.07. The number of hydrogen-bond donors (Lipinski definition) is 2. The van der Waals surface area contributed by atoms with E-state index in [0.717, 1.165) is 33.3 Å². The summed E-state index contributed by atoms with van der Waals surface area (Å²) in [6.45, 7) is 3.70. The number of pyridine rings is 1. The number of carbonyl (C=O) groups excluding carboxylic acids is 2. The Kier molecular flexibility index (Phi) is 6.71. The number of benzene rings is 3. The molecule has 2 amide bonds. The van der Waals surface area contributed by atoms with Crippen molar-refractivity contribution in [2.75, 3.05) is 10.6 Å². The highest BCUT2D eigenvalue weighted by atomic mass is 35.5. The smallest absolute Gasteiger partial charge is 0.228 e. The van der Waals surface area contributed by atoms with Gasteiger partial charge in [0.2, 0.25) is 11.8 Å². The highest BCUT2D eigenvalue weighted by Gasteiger charge is 2.18. The third-order valence-corrected chi connectivity index (χ3v) is 5.77. The summed E-state index contributed by atoms with van der Waals surface area (Å²) in [4.78, 5) is 29.6. The average molecular weight is 458 g/mol. The highest BCUT2D eigenvalue weighted by Crippen LogP contribution is 2.34. The van der Waals surface area contributed by atoms with Crippen LogP contribution in [-0.4, -0.2) is 16.8 Å². The summed E-state index contributed by atoms with van der Waals surface area (Å²) >= 11 is 6.31. The van der Waals surface area contributed by atoms with Crippen molar-refractivity contribution in [2.45, 2.75) is 26.7 Å². The first-order chi connectivity index (χ1) is 16.0. The number of aromatic nitrogens is 1. The molecule has 0 aliphatic rings. The summed E-state index contributed by atoms with van der Waals surface area (Å²) in [5.41, 5.74) is 5.62. The van der Waals surface area contributed by atoms with Gasteiger partial charge in [0.25, 0.3) is 0 Å². The maximum absolute atomic E-state index is 13.1. The molecule has 0 unspecified atom stereocenters. The second-order valence-corrected chi connectivity index (χ2v) is 8.16. The van der Waals surface area contributed by atoms with Crippen LogP contribution in [0, 0.1) is 6.92 Å². The molecule has 166 valence electrons. The predicted molar refractivity (Wildman–Crippen MR) is 135 cm³/mol. The standard InChI is InChI=1S/C27H24ClN3O2/c1-3-25(32)30-19-13-14-22(28)24(15-19)31-26(33)16-21-17(2)29-23-12-8-7-11-20(23)27(21)18-9-5-4-6-10-18/h4-15H,3,16H2,1-2H3,(H,30,32)(H,31,33). The lowest BCUT2D eigenvalue weighted by Gasteiger charge is -2.16. The van der Waals surface area contributed by atoms with E-state index in [1.54, 1.807) is 25.1 Å². The molecule has 0 saturated heterocycles. The first kappa shape index (κ1) is 22.5. The van der Waals surface area contributed by atoms with Gasteiger partial charge in [-0.15, -0.1) is 0 Å². The van der Waals surface area contributed by atoms with E-state index in [0.29, 0.717) is 22.8 Å². The normalized spacial score (nSPS) is 10.8. The van der Waals surface area contributed by atoms with Crippen molar-refractivity contribution in [3.8, 4) is 11.1 Å². The van der Waals surface area contributed by atoms with E-state index in [1.165, 1.54) is 0 Å². The van der Waals surface area contributed by atoms with Crippen LogP contribution in [0.15, 0.2) is 72.8 Å². The minimum atomic E-state index is -0.215. The van der Waals surface area contributed by atoms with E-state index in [-0.39, 0.29) is 18.2 Å². The summed E-state index contributed by atoms with van der Waals surface area (Å²) in [7, 11) is 0. The minimum Gasteiger partial charge on any atom is -0.326 e. The van der Waals surface area contributed by atoms with E-state index in [1.807, 2.05) is 61.5 Å². The molecule has 3 aromatic carbocycles. The van der Waals surface area contributed by atoms with Gasteiger partial charge in [0.15, 0.2) is 0 Å². The molecular formula is C27H24ClN3O2. The summed E-state index contributed by atoms with van der Waals surface area (Å²) in [5.74, 6) is -0.326. The van der Waals surface area contributed by atoms with Crippen LogP contribution < -0.4 is 10.6 Å². The monoisotopic (exact) mass is 457 g/mol. The van der Waals surface area contributed by atoms with E-state index < -0.39 is 0 Å². The van der Waals surface area contributed by atoms with Gasteiger partial charge in [-0.2, -0.15) is 0 Å². The van der Waals surface area contributed by atoms with Gasteiger partial charge in [0.05, 0.1) is 22.6 Å². The number of nitrogens with zero attached hydrogens (tertiary/aromatic N) is 1. The fourth-order valence-corrected chi connectivity index (χ4v) is 3.99. The molecule has 0 aliphatic heterocycles. The van der Waals surface area contributed by atoms with Crippen molar-refractivity contribution in [2.24, 2.45) is 0 Å². The van der Waals surface area contributed by atoms with Crippen LogP contribution in [0.1, 0.15) is 24.6 Å². The van der Waals surface area contributed by atoms with Gasteiger partial charge < -0.3 is 10.6 Å². The van der Waals surface area contributed by atoms with Crippen LogP contribution in [0.25, 0.3) is 22.0 Å². The summed E-state index contributed by atoms with van der Waals surface area (Å²) < 4.78 is 0. The number of rotatable bonds is 6. The van der Waals surface area contributed by atoms with Crippen molar-refractivity contribution in [1.29, 1.82) is 0 Å². The fourth-order valence-electron chi connectivity index (χ4n) is 3.83. The Morgan fingerprint density at radius 3 is 2.39 bits per heavy atom. The maximum Gasteiger partial charge on any atom is 0.228 e. The van der Waals surface area contributed by atoms with E-state index in [2.05, 4.69) is 10.6 Å². The zero-order valence-electron chi connectivity index (χ0n) is 18.5. The van der Waals surface area contributed by atoms with Gasteiger partial charge in [-0.3, -0.25) is 14.6 Å². The number of para-hydroxylation sites is 1. The second-order valence-electron chi connectivity index (χ2n) is 7.76. The van der Waals surface area contributed by atoms with Gasteiger partial charge in [-0.05, 0) is 47.9 Å². The van der Waals surface area contributed by atoms with E-state index in [4.69, 9.17) is 16.6 Å². The predicted octanol–water partition coefficient (Wildman–Crippen LogP) is 6.39. The number of anilines is 2. The zero-order valence-corrected chi connectivity index (χ0v) is 19.2. The molecule has 1 aromatic heterocycles. The zero-order chi connectivity index (χ0) is 23.4. The van der Waals surface area contributed by atoms with Gasteiger partial charge in [-0.1, -0.05) is 67.1 Å². The summed E-state index contributed by atoms with van der Waals surface area (Å²) in [6, 6.07) is 23.0. The number of aryl methyl sites for hydroxylation is 1. The van der Waals surface area contributed by atoms with Crippen molar-refractivity contribution < 1.29 is 9.59 Å². The molecule has 0 radical (unpaired) electrons. The van der Waals surface area contributed by atoms with E-state index in [9.17, 15) is 9.59 Å². The molecule has 0 fully saturated rings. The Morgan fingerprint density at radius 2 is 1.64 bits per heavy atom. The van der Waals surface area contributed by atoms with Gasteiger partial charge in [0, 0.05) is 23.2 Å². The third-order valence-electron chi connectivity index (χ3n) is 5.45. The Labute approximate surface area is 197 Å². The fraction of sp³-hybridized carbons (Fsp3) is 0.148. The SMILES string of the molecule is CCC(=O)Nc1ccc(Cl)c(NC(=O)Cc2c(C)nc3ccccc3c2-c2ccccc2)c1. The Balaban J connectivity index is 1.69. The van der Waals surface area contributed by atoms with Gasteiger partial charge in [-0.25, -0.2) is 0 Å². The van der Waals surface area contributed by atoms with Crippen molar-refractivity contribution in [1.82, 2.24) is 4.98 Å². The highest BCUT2D eigenvalue weighted by molar-refractivity contribution is 6.34. The number of hydrogen-bond acceptors (Lipinski definition) is 3. The van der Waals surface area contributed by atoms with Crippen LogP contribution in [-0.2, 0) is 16.0 Å². The van der Waals surface area contributed by atoms with Gasteiger partial charge in [0.1, 0.15) is 0 Å². The molecule has 0 bridgehead atoms. The number of halogens is 1. The first-order valence-corrected chi connectivity index (χ1v) is 11.2. The van der Waals surface area contributed by atoms with Crippen LogP contribution in [0.5, 0.6) is 0 Å². The number of nitrogens with one attached hydrogen (secondary N) is 2. The molecule has 33 heavy (non-hydrogen) atoms. The molecule has 4 rings (SSSR count). The molecule has 0 spiro atoms. The minimum absolute atomic E-state index is 0.111. The van der Waals surface area contributed by atoms with Crippen LogP contribution in [0.2, 0.25) is 5.02 Å². The molecule has 0 atom stereocenters. The Morgan fingerprint density at radius 1 is 0.909 bits per heavy atom. The molecular weight excluding hydrogens is 434 g/mol. The Bertz CT molecular complexity index is 1340. The Hall–Kier alpha value is -3.70. The van der Waals surface area contributed by atoms with Crippen LogP contribution in [0.4, 0.5) is 11.4 Å². The molecule has 5 nitrogen and oxygen atoms in total. The lowest BCUT2D eigenvalue weighted by Crippen LogP contribution is -2.17. The lowest BCUT2D eigenvalue weighted by atomic mass is 9.92. The molecule has 4 aromatic rings. The molecule has 6 heteroatoms. The number of fused-ring (bicyclic) bond motifs is 1. The quantitative estimate of drug-likeness (QED) is 0.352. The molecule has 0 saturated carbocycles. The molecule has 0 aliphatic carbocycles. The lowest BCUT2D eigenvalue weighted by molar-refractivity contribution is -0.116. The maximum atomic E-state index is 13.1. The van der Waals surface area contributed by atoms with Crippen LogP contribution in [0.3, 0.4) is 0 Å². The average Bonchev–Trinajstić information content (AvgIpc) is 2.82. The van der Waals surface area contributed by atoms with Gasteiger partial charge >= 0.3 is 0 Å². The van der Waals surface area contributed by atoms with Crippen LogP contribution >= 0.6 is 11.6 Å². The molecule has 1 heterocycles. The molecule has 2 N–H and O–H groups in total. The van der Waals surface area contributed by atoms with Crippen molar-refractivity contribution in [3.05, 3.63) is 89.1 Å². The summed E-state index contributed by atoms with van der Waals surface area (Å²) in [6.07, 6.45) is 0.497. The largest absolute Gasteiger partial charge is 0.326 e. The van der Waals surface area contributed by atoms with E-state index >= 15 is 0 Å².